The van der Waals surface area contributed by atoms with Crippen LogP contribution in [0.25, 0.3) is 0 Å². The van der Waals surface area contributed by atoms with Crippen LogP contribution in [0.3, 0.4) is 0 Å². The van der Waals surface area contributed by atoms with E-state index in [2.05, 4.69) is 15.5 Å². The van der Waals surface area contributed by atoms with Gasteiger partial charge in [-0.25, -0.2) is 4.68 Å². The van der Waals surface area contributed by atoms with Crippen molar-refractivity contribution in [1.29, 1.82) is 0 Å². The second kappa shape index (κ2) is 7.28. The van der Waals surface area contributed by atoms with Crippen molar-refractivity contribution in [3.8, 4) is 5.75 Å². The molecule has 1 amide bonds. The predicted octanol–water partition coefficient (Wildman–Crippen LogP) is 2.37. The molecule has 0 saturated heterocycles. The lowest BCUT2D eigenvalue weighted by molar-refractivity contribution is -0.384. The Kier molecular flexibility index (Phi) is 4.88. The summed E-state index contributed by atoms with van der Waals surface area (Å²) in [6, 6.07) is 7.55. The highest BCUT2D eigenvalue weighted by Crippen LogP contribution is 2.26. The van der Waals surface area contributed by atoms with Crippen LogP contribution in [0.15, 0.2) is 36.5 Å². The van der Waals surface area contributed by atoms with E-state index in [0.29, 0.717) is 6.67 Å². The van der Waals surface area contributed by atoms with Crippen molar-refractivity contribution in [2.45, 2.75) is 20.5 Å². The van der Waals surface area contributed by atoms with E-state index in [0.717, 1.165) is 11.4 Å². The van der Waals surface area contributed by atoms with Crippen LogP contribution in [-0.4, -0.2) is 37.5 Å². The second-order valence-electron chi connectivity index (χ2n) is 5.94. The fourth-order valence-corrected chi connectivity index (χ4v) is 2.59. The number of carbonyl (C=O) groups excluding carboxylic acids is 1. The van der Waals surface area contributed by atoms with Gasteiger partial charge in [-0.2, -0.15) is 10.2 Å². The van der Waals surface area contributed by atoms with Crippen LogP contribution in [0.5, 0.6) is 5.75 Å². The van der Waals surface area contributed by atoms with E-state index in [9.17, 15) is 14.9 Å². The van der Waals surface area contributed by atoms with Crippen LogP contribution in [0.1, 0.15) is 21.9 Å². The normalized spacial score (nSPS) is 10.6. The number of benzene rings is 1. The highest BCUT2D eigenvalue weighted by Gasteiger charge is 2.15. The summed E-state index contributed by atoms with van der Waals surface area (Å²) in [6.45, 7) is 4.21. The third-order valence-corrected chi connectivity index (χ3v) is 3.85. The van der Waals surface area contributed by atoms with E-state index in [1.54, 1.807) is 21.6 Å². The molecule has 0 unspecified atom stereocenters. The van der Waals surface area contributed by atoms with Gasteiger partial charge in [-0.05, 0) is 26.0 Å². The van der Waals surface area contributed by atoms with E-state index >= 15 is 0 Å². The summed E-state index contributed by atoms with van der Waals surface area (Å²) in [5.41, 5.74) is 2.13. The molecule has 0 spiro atoms. The number of nitro groups is 1. The van der Waals surface area contributed by atoms with Gasteiger partial charge in [-0.3, -0.25) is 19.6 Å². The number of anilines is 1. The van der Waals surface area contributed by atoms with Crippen LogP contribution >= 0.6 is 0 Å². The fraction of sp³-hybridized carbons (Fsp3) is 0.235. The fourth-order valence-electron chi connectivity index (χ4n) is 2.59. The summed E-state index contributed by atoms with van der Waals surface area (Å²) in [5.74, 6) is -0.209. The first-order chi connectivity index (χ1) is 12.9. The molecule has 0 bridgehead atoms. The Balaban J connectivity index is 1.75. The van der Waals surface area contributed by atoms with Crippen molar-refractivity contribution < 1.29 is 14.5 Å². The molecular formula is C17H18N6O4. The zero-order valence-corrected chi connectivity index (χ0v) is 15.0. The third kappa shape index (κ3) is 4.11. The van der Waals surface area contributed by atoms with Crippen molar-refractivity contribution in [2.75, 3.05) is 12.4 Å². The first kappa shape index (κ1) is 18.1. The monoisotopic (exact) mass is 370 g/mol. The summed E-state index contributed by atoms with van der Waals surface area (Å²) in [7, 11) is 1.39. The maximum Gasteiger partial charge on any atom is 0.276 e. The number of carbonyl (C=O) groups is 1. The first-order valence-corrected chi connectivity index (χ1v) is 8.05. The van der Waals surface area contributed by atoms with E-state index in [4.69, 9.17) is 4.74 Å². The topological polar surface area (TPSA) is 117 Å². The average Bonchev–Trinajstić information content (AvgIpc) is 3.21. The molecule has 3 aromatic rings. The summed E-state index contributed by atoms with van der Waals surface area (Å²) >= 11 is 0. The molecule has 10 nitrogen and oxygen atoms in total. The van der Waals surface area contributed by atoms with E-state index in [1.165, 1.54) is 25.3 Å². The summed E-state index contributed by atoms with van der Waals surface area (Å²) in [6.07, 6.45) is 1.67. The molecule has 0 saturated carbocycles. The van der Waals surface area contributed by atoms with E-state index < -0.39 is 10.8 Å². The molecule has 0 atom stereocenters. The number of amides is 1. The third-order valence-electron chi connectivity index (χ3n) is 3.85. The van der Waals surface area contributed by atoms with Crippen molar-refractivity contribution in [3.63, 3.8) is 0 Å². The predicted molar refractivity (Wildman–Crippen MR) is 96.9 cm³/mol. The Hall–Kier alpha value is -3.69. The number of rotatable bonds is 6. The van der Waals surface area contributed by atoms with Crippen molar-refractivity contribution in [1.82, 2.24) is 19.6 Å². The van der Waals surface area contributed by atoms with Gasteiger partial charge in [-0.1, -0.05) is 0 Å². The highest BCUT2D eigenvalue weighted by molar-refractivity contribution is 6.03. The molecule has 10 heteroatoms. The Morgan fingerprint density at radius 3 is 2.67 bits per heavy atom. The molecule has 0 aliphatic carbocycles. The van der Waals surface area contributed by atoms with Gasteiger partial charge in [0.25, 0.3) is 11.6 Å². The van der Waals surface area contributed by atoms with Crippen molar-refractivity contribution in [2.24, 2.45) is 0 Å². The number of ether oxygens (including phenoxy) is 1. The van der Waals surface area contributed by atoms with Crippen LogP contribution in [0, 0.1) is 24.0 Å². The minimum atomic E-state index is -0.554. The molecule has 0 aliphatic rings. The van der Waals surface area contributed by atoms with Gasteiger partial charge in [0.05, 0.1) is 29.5 Å². The van der Waals surface area contributed by atoms with Gasteiger partial charge in [0, 0.05) is 24.0 Å². The Morgan fingerprint density at radius 2 is 2.04 bits per heavy atom. The number of non-ortho nitro benzene ring substituents is 1. The molecule has 27 heavy (non-hydrogen) atoms. The molecule has 140 valence electrons. The van der Waals surface area contributed by atoms with Gasteiger partial charge >= 0.3 is 0 Å². The Labute approximate surface area is 154 Å². The first-order valence-electron chi connectivity index (χ1n) is 8.05. The van der Waals surface area contributed by atoms with Gasteiger partial charge in [0.2, 0.25) is 0 Å². The lowest BCUT2D eigenvalue weighted by Crippen LogP contribution is -2.15. The molecule has 1 aromatic carbocycles. The number of nitro benzene ring substituents is 1. The molecular weight excluding hydrogens is 352 g/mol. The van der Waals surface area contributed by atoms with E-state index in [1.807, 2.05) is 19.9 Å². The molecule has 1 N–H and O–H groups in total. The summed E-state index contributed by atoms with van der Waals surface area (Å²) in [4.78, 5) is 22.9. The maximum absolute atomic E-state index is 12.4. The number of aromatic nitrogens is 4. The minimum Gasteiger partial charge on any atom is -0.496 e. The van der Waals surface area contributed by atoms with Crippen LogP contribution in [0.2, 0.25) is 0 Å². The molecule has 0 aliphatic heterocycles. The lowest BCUT2D eigenvalue weighted by atomic mass is 10.2. The van der Waals surface area contributed by atoms with Gasteiger partial charge < -0.3 is 10.1 Å². The zero-order valence-electron chi connectivity index (χ0n) is 15.0. The average molecular weight is 370 g/mol. The summed E-state index contributed by atoms with van der Waals surface area (Å²) < 4.78 is 8.39. The van der Waals surface area contributed by atoms with Gasteiger partial charge in [0.1, 0.15) is 12.4 Å². The highest BCUT2D eigenvalue weighted by atomic mass is 16.6. The van der Waals surface area contributed by atoms with Crippen LogP contribution < -0.4 is 10.1 Å². The maximum atomic E-state index is 12.4. The lowest BCUT2D eigenvalue weighted by Gasteiger charge is -2.06. The minimum absolute atomic E-state index is 0.181. The number of hydrogen-bond donors (Lipinski definition) is 1. The number of hydrogen-bond acceptors (Lipinski definition) is 6. The van der Waals surface area contributed by atoms with Gasteiger partial charge in [-0.15, -0.1) is 0 Å². The molecule has 3 rings (SSSR count). The molecule has 0 fully saturated rings. The van der Waals surface area contributed by atoms with Gasteiger partial charge in [0.15, 0.2) is 5.69 Å². The van der Waals surface area contributed by atoms with Crippen molar-refractivity contribution in [3.05, 3.63) is 63.7 Å². The quantitative estimate of drug-likeness (QED) is 0.526. The number of aryl methyl sites for hydroxylation is 2. The van der Waals surface area contributed by atoms with Crippen LogP contribution in [0.4, 0.5) is 11.4 Å². The zero-order chi connectivity index (χ0) is 19.6. The standard InChI is InChI=1S/C17H18N6O4/c1-11-6-12(2)22(19-11)10-21-5-4-16(20-21)17(24)18-13-7-14(23(25)26)9-15(8-13)27-3/h4-9H,10H2,1-3H3,(H,18,24). The number of methoxy groups -OCH3 is 1. The molecule has 2 aromatic heterocycles. The smallest absolute Gasteiger partial charge is 0.276 e. The number of nitrogens with one attached hydrogen (secondary N) is 1. The molecule has 2 heterocycles. The second-order valence-corrected chi connectivity index (χ2v) is 5.94. The van der Waals surface area contributed by atoms with E-state index in [-0.39, 0.29) is 22.8 Å². The largest absolute Gasteiger partial charge is 0.496 e. The Morgan fingerprint density at radius 1 is 1.26 bits per heavy atom. The Bertz CT molecular complexity index is 1010. The van der Waals surface area contributed by atoms with Crippen LogP contribution in [-0.2, 0) is 6.67 Å². The SMILES string of the molecule is COc1cc(NC(=O)c2ccn(Cn3nc(C)cc3C)n2)cc([N+](=O)[O-])c1. The number of nitrogens with zero attached hydrogens (tertiary/aromatic N) is 5. The summed E-state index contributed by atoms with van der Waals surface area (Å²) in [5, 5.41) is 22.2. The molecule has 0 radical (unpaired) electrons. The van der Waals surface area contributed by atoms with Crippen molar-refractivity contribution >= 4 is 17.3 Å².